The highest BCUT2D eigenvalue weighted by atomic mass is 35.5. The molecule has 1 heterocycles. The van der Waals surface area contributed by atoms with E-state index >= 15 is 0 Å². The van der Waals surface area contributed by atoms with Crippen molar-refractivity contribution < 1.29 is 27.6 Å². The number of hydroxylamine groups is 2. The molecule has 4 rings (SSSR count). The van der Waals surface area contributed by atoms with Gasteiger partial charge in [-0.15, -0.1) is 0 Å². The molecule has 0 bridgehead atoms. The predicted molar refractivity (Wildman–Crippen MR) is 114 cm³/mol. The quantitative estimate of drug-likeness (QED) is 0.554. The number of benzene rings is 3. The Labute approximate surface area is 188 Å². The van der Waals surface area contributed by atoms with E-state index < -0.39 is 27.8 Å². The number of carbonyl (C=O) groups is 3. The Morgan fingerprint density at radius 2 is 1.50 bits per heavy atom. The molecule has 1 aliphatic heterocycles. The van der Waals surface area contributed by atoms with Crippen molar-refractivity contribution in [1.29, 1.82) is 0 Å². The lowest BCUT2D eigenvalue weighted by Gasteiger charge is -2.14. The van der Waals surface area contributed by atoms with Crippen molar-refractivity contribution in [3.63, 3.8) is 0 Å². The summed E-state index contributed by atoms with van der Waals surface area (Å²) in [5.74, 6) is -2.66. The average molecular weight is 471 g/mol. The lowest BCUT2D eigenvalue weighted by Crippen LogP contribution is -2.32. The Hall–Kier alpha value is -3.53. The van der Waals surface area contributed by atoms with E-state index in [0.717, 1.165) is 11.6 Å². The minimum atomic E-state index is -4.07. The first-order valence-corrected chi connectivity index (χ1v) is 11.2. The van der Waals surface area contributed by atoms with Gasteiger partial charge in [-0.25, -0.2) is 17.9 Å². The summed E-state index contributed by atoms with van der Waals surface area (Å²) in [6, 6.07) is 18.4. The van der Waals surface area contributed by atoms with E-state index in [1.54, 1.807) is 42.5 Å². The average Bonchev–Trinajstić information content (AvgIpc) is 3.03. The molecule has 162 valence electrons. The Morgan fingerprint density at radius 3 is 2.12 bits per heavy atom. The van der Waals surface area contributed by atoms with Gasteiger partial charge >= 0.3 is 5.97 Å². The molecule has 0 aliphatic carbocycles. The van der Waals surface area contributed by atoms with Gasteiger partial charge in [-0.1, -0.05) is 59.1 Å². The summed E-state index contributed by atoms with van der Waals surface area (Å²) in [6.45, 7) is 0.0171. The standard InChI is InChI=1S/C22H15ClN2O6S/c23-18-11-10-15(12-19(18)32(29,30)24-13-14-6-2-1-3-7-14)22(28)31-25-20(26)16-8-4-5-9-17(16)21(25)27/h1-12,24H,13H2. The van der Waals surface area contributed by atoms with Crippen LogP contribution < -0.4 is 4.72 Å². The number of halogens is 1. The van der Waals surface area contributed by atoms with Gasteiger partial charge in [-0.2, -0.15) is 0 Å². The van der Waals surface area contributed by atoms with Crippen molar-refractivity contribution >= 4 is 39.4 Å². The van der Waals surface area contributed by atoms with Gasteiger partial charge < -0.3 is 4.84 Å². The molecule has 0 fully saturated rings. The molecule has 3 aromatic carbocycles. The Morgan fingerprint density at radius 1 is 0.906 bits per heavy atom. The fourth-order valence-electron chi connectivity index (χ4n) is 3.07. The van der Waals surface area contributed by atoms with Crippen LogP contribution in [0, 0.1) is 0 Å². The summed E-state index contributed by atoms with van der Waals surface area (Å²) in [5, 5.41) is 0.242. The molecule has 1 N–H and O–H groups in total. The lowest BCUT2D eigenvalue weighted by molar-refractivity contribution is -0.0584. The smallest absolute Gasteiger partial charge is 0.324 e. The molecule has 1 aliphatic rings. The Bertz CT molecular complexity index is 1310. The van der Waals surface area contributed by atoms with Crippen molar-refractivity contribution in [1.82, 2.24) is 9.79 Å². The SMILES string of the molecule is O=C(ON1C(=O)c2ccccc2C1=O)c1ccc(Cl)c(S(=O)(=O)NCc2ccccc2)c1. The van der Waals surface area contributed by atoms with Crippen LogP contribution in [-0.4, -0.2) is 31.3 Å². The van der Waals surface area contributed by atoms with Crippen LogP contribution in [0.15, 0.2) is 77.7 Å². The van der Waals surface area contributed by atoms with E-state index in [4.69, 9.17) is 16.4 Å². The molecule has 0 saturated heterocycles. The van der Waals surface area contributed by atoms with Gasteiger partial charge in [-0.05, 0) is 35.9 Å². The van der Waals surface area contributed by atoms with Gasteiger partial charge in [0.25, 0.3) is 11.8 Å². The molecule has 0 saturated carbocycles. The fraction of sp³-hybridized carbons (Fsp3) is 0.0455. The minimum absolute atomic E-state index is 0.0171. The fourth-order valence-corrected chi connectivity index (χ4v) is 4.62. The largest absolute Gasteiger partial charge is 0.363 e. The lowest BCUT2D eigenvalue weighted by atomic mass is 10.1. The van der Waals surface area contributed by atoms with Gasteiger partial charge in [0, 0.05) is 6.54 Å². The second-order valence-electron chi connectivity index (χ2n) is 6.78. The molecule has 0 atom stereocenters. The van der Waals surface area contributed by atoms with Crippen molar-refractivity contribution in [2.75, 3.05) is 0 Å². The highest BCUT2D eigenvalue weighted by Crippen LogP contribution is 2.26. The first-order valence-electron chi connectivity index (χ1n) is 9.31. The maximum absolute atomic E-state index is 12.7. The molecule has 0 radical (unpaired) electrons. The van der Waals surface area contributed by atoms with Crippen LogP contribution in [0.25, 0.3) is 0 Å². The number of sulfonamides is 1. The second-order valence-corrected chi connectivity index (χ2v) is 8.93. The van der Waals surface area contributed by atoms with E-state index in [9.17, 15) is 22.8 Å². The van der Waals surface area contributed by atoms with Gasteiger partial charge in [0.2, 0.25) is 10.0 Å². The van der Waals surface area contributed by atoms with Gasteiger partial charge in [0.15, 0.2) is 0 Å². The van der Waals surface area contributed by atoms with Gasteiger partial charge in [0.05, 0.1) is 21.7 Å². The van der Waals surface area contributed by atoms with E-state index in [0.29, 0.717) is 5.06 Å². The third-order valence-corrected chi connectivity index (χ3v) is 6.58. The Balaban J connectivity index is 1.54. The molecule has 3 aromatic rings. The number of fused-ring (bicyclic) bond motifs is 1. The zero-order chi connectivity index (χ0) is 22.9. The summed E-state index contributed by atoms with van der Waals surface area (Å²) < 4.78 is 27.9. The molecule has 0 aromatic heterocycles. The first-order chi connectivity index (χ1) is 15.3. The summed E-state index contributed by atoms with van der Waals surface area (Å²) in [7, 11) is -4.07. The van der Waals surface area contributed by atoms with Gasteiger partial charge in [-0.3, -0.25) is 9.59 Å². The first kappa shape index (κ1) is 21.7. The number of nitrogens with one attached hydrogen (secondary N) is 1. The van der Waals surface area contributed by atoms with Crippen molar-refractivity contribution in [2.45, 2.75) is 11.4 Å². The molecule has 32 heavy (non-hydrogen) atoms. The number of carbonyl (C=O) groups excluding carboxylic acids is 3. The molecule has 0 unspecified atom stereocenters. The predicted octanol–water partition coefficient (Wildman–Crippen LogP) is 3.19. The number of hydrogen-bond acceptors (Lipinski definition) is 6. The number of hydrogen-bond donors (Lipinski definition) is 1. The van der Waals surface area contributed by atoms with Crippen LogP contribution in [0.3, 0.4) is 0 Å². The van der Waals surface area contributed by atoms with Crippen LogP contribution in [0.4, 0.5) is 0 Å². The van der Waals surface area contributed by atoms with Crippen LogP contribution >= 0.6 is 11.6 Å². The van der Waals surface area contributed by atoms with Gasteiger partial charge in [0.1, 0.15) is 4.90 Å². The van der Waals surface area contributed by atoms with Crippen molar-refractivity contribution in [3.8, 4) is 0 Å². The maximum atomic E-state index is 12.7. The molecule has 10 heteroatoms. The van der Waals surface area contributed by atoms with E-state index in [-0.39, 0.29) is 33.2 Å². The number of rotatable bonds is 6. The highest BCUT2D eigenvalue weighted by Gasteiger charge is 2.39. The van der Waals surface area contributed by atoms with Crippen molar-refractivity contribution in [3.05, 3.63) is 100 Å². The van der Waals surface area contributed by atoms with Crippen molar-refractivity contribution in [2.24, 2.45) is 0 Å². The third-order valence-electron chi connectivity index (χ3n) is 4.70. The number of amides is 2. The summed E-state index contributed by atoms with van der Waals surface area (Å²) in [5.41, 5.74) is 0.740. The maximum Gasteiger partial charge on any atom is 0.363 e. The van der Waals surface area contributed by atoms with Crippen LogP contribution in [0.1, 0.15) is 36.6 Å². The van der Waals surface area contributed by atoms with E-state index in [1.165, 1.54) is 24.3 Å². The minimum Gasteiger partial charge on any atom is -0.324 e. The summed E-state index contributed by atoms with van der Waals surface area (Å²) in [4.78, 5) is 42.0. The highest BCUT2D eigenvalue weighted by molar-refractivity contribution is 7.89. The molecular formula is C22H15ClN2O6S. The summed E-state index contributed by atoms with van der Waals surface area (Å²) >= 11 is 6.05. The topological polar surface area (TPSA) is 110 Å². The number of nitrogens with zero attached hydrogens (tertiary/aromatic N) is 1. The van der Waals surface area contributed by atoms with Crippen LogP contribution in [0.2, 0.25) is 5.02 Å². The summed E-state index contributed by atoms with van der Waals surface area (Å²) in [6.07, 6.45) is 0. The van der Waals surface area contributed by atoms with E-state index in [2.05, 4.69) is 4.72 Å². The van der Waals surface area contributed by atoms with Crippen LogP contribution in [-0.2, 0) is 21.4 Å². The zero-order valence-corrected chi connectivity index (χ0v) is 17.9. The second kappa shape index (κ2) is 8.54. The monoisotopic (exact) mass is 470 g/mol. The molecule has 8 nitrogen and oxygen atoms in total. The molecule has 0 spiro atoms. The normalized spacial score (nSPS) is 13.2. The zero-order valence-electron chi connectivity index (χ0n) is 16.3. The number of imide groups is 1. The Kier molecular flexibility index (Phi) is 5.79. The molecule has 2 amide bonds. The van der Waals surface area contributed by atoms with Crippen LogP contribution in [0.5, 0.6) is 0 Å². The molecular weight excluding hydrogens is 456 g/mol. The third kappa shape index (κ3) is 4.13. The van der Waals surface area contributed by atoms with E-state index in [1.807, 2.05) is 0 Å².